The van der Waals surface area contributed by atoms with Gasteiger partial charge >= 0.3 is 5.97 Å². The number of carboxylic acids is 1. The van der Waals surface area contributed by atoms with Gasteiger partial charge in [0.05, 0.1) is 11.3 Å². The SMILES string of the molecule is O=C(O)c1ccc(O)c(C=Nc2ccc3c4c(cccc24)CC3)c1. The number of aryl methyl sites for hydroxylation is 2. The first-order valence-electron chi connectivity index (χ1n) is 7.77. The summed E-state index contributed by atoms with van der Waals surface area (Å²) in [4.78, 5) is 15.6. The van der Waals surface area contributed by atoms with Gasteiger partial charge in [-0.3, -0.25) is 4.99 Å². The van der Waals surface area contributed by atoms with Crippen LogP contribution in [0.1, 0.15) is 27.0 Å². The van der Waals surface area contributed by atoms with Crippen molar-refractivity contribution in [2.75, 3.05) is 0 Å². The Bertz CT molecular complexity index is 995. The zero-order chi connectivity index (χ0) is 16.7. The van der Waals surface area contributed by atoms with E-state index in [1.54, 1.807) is 0 Å². The predicted molar refractivity (Wildman–Crippen MR) is 93.7 cm³/mol. The van der Waals surface area contributed by atoms with Gasteiger partial charge in [-0.15, -0.1) is 0 Å². The Hall–Kier alpha value is -3.14. The fraction of sp³-hybridized carbons (Fsp3) is 0.100. The molecule has 3 aromatic carbocycles. The minimum absolute atomic E-state index is 0.00896. The Morgan fingerprint density at radius 2 is 1.83 bits per heavy atom. The number of aromatic carboxylic acids is 1. The maximum Gasteiger partial charge on any atom is 0.335 e. The van der Waals surface area contributed by atoms with Crippen molar-refractivity contribution in [3.05, 3.63) is 70.8 Å². The van der Waals surface area contributed by atoms with Crippen LogP contribution in [0.4, 0.5) is 5.69 Å². The fourth-order valence-corrected chi connectivity index (χ4v) is 3.27. The molecule has 0 bridgehead atoms. The summed E-state index contributed by atoms with van der Waals surface area (Å²) in [5.74, 6) is -1.02. The summed E-state index contributed by atoms with van der Waals surface area (Å²) in [6, 6.07) is 14.5. The second-order valence-electron chi connectivity index (χ2n) is 5.92. The predicted octanol–water partition coefficient (Wildman–Crippen LogP) is 4.09. The third-order valence-electron chi connectivity index (χ3n) is 4.47. The van der Waals surface area contributed by atoms with E-state index in [0.717, 1.165) is 23.9 Å². The van der Waals surface area contributed by atoms with Crippen molar-refractivity contribution in [1.29, 1.82) is 0 Å². The first-order chi connectivity index (χ1) is 11.6. The molecule has 3 aromatic rings. The van der Waals surface area contributed by atoms with E-state index in [1.165, 1.54) is 40.9 Å². The van der Waals surface area contributed by atoms with Crippen LogP contribution >= 0.6 is 0 Å². The summed E-state index contributed by atoms with van der Waals surface area (Å²) in [6.45, 7) is 0. The van der Waals surface area contributed by atoms with E-state index in [0.29, 0.717) is 5.56 Å². The number of phenols is 1. The molecule has 0 heterocycles. The van der Waals surface area contributed by atoms with Gasteiger partial charge in [0.25, 0.3) is 0 Å². The maximum atomic E-state index is 11.1. The van der Waals surface area contributed by atoms with Crippen molar-refractivity contribution in [3.8, 4) is 5.75 Å². The summed E-state index contributed by atoms with van der Waals surface area (Å²) >= 11 is 0. The van der Waals surface area contributed by atoms with Crippen LogP contribution in [0.2, 0.25) is 0 Å². The van der Waals surface area contributed by atoms with Gasteiger partial charge in [0.1, 0.15) is 5.75 Å². The average Bonchev–Trinajstić information content (AvgIpc) is 3.00. The van der Waals surface area contributed by atoms with Crippen molar-refractivity contribution in [2.45, 2.75) is 12.8 Å². The average molecular weight is 317 g/mol. The lowest BCUT2D eigenvalue weighted by Crippen LogP contribution is -1.97. The van der Waals surface area contributed by atoms with E-state index in [4.69, 9.17) is 5.11 Å². The number of aromatic hydroxyl groups is 1. The Kier molecular flexibility index (Phi) is 3.31. The van der Waals surface area contributed by atoms with Crippen molar-refractivity contribution >= 4 is 28.6 Å². The minimum atomic E-state index is -1.03. The Labute approximate surface area is 138 Å². The Morgan fingerprint density at radius 3 is 2.62 bits per heavy atom. The van der Waals surface area contributed by atoms with Gasteiger partial charge in [-0.05, 0) is 53.6 Å². The molecule has 24 heavy (non-hydrogen) atoms. The van der Waals surface area contributed by atoms with Crippen LogP contribution in [-0.4, -0.2) is 22.4 Å². The number of hydrogen-bond donors (Lipinski definition) is 2. The number of hydrogen-bond acceptors (Lipinski definition) is 3. The third kappa shape index (κ3) is 2.33. The first-order valence-corrected chi connectivity index (χ1v) is 7.77. The molecule has 2 N–H and O–H groups in total. The quantitative estimate of drug-likeness (QED) is 0.715. The van der Waals surface area contributed by atoms with Crippen molar-refractivity contribution in [3.63, 3.8) is 0 Å². The number of phenolic OH excluding ortho intramolecular Hbond substituents is 1. The van der Waals surface area contributed by atoms with E-state index in [2.05, 4.69) is 17.1 Å². The number of rotatable bonds is 3. The molecule has 0 unspecified atom stereocenters. The molecule has 0 amide bonds. The van der Waals surface area contributed by atoms with Gasteiger partial charge in [-0.1, -0.05) is 24.3 Å². The van der Waals surface area contributed by atoms with Crippen LogP contribution in [0.5, 0.6) is 5.75 Å². The summed E-state index contributed by atoms with van der Waals surface area (Å²) in [7, 11) is 0. The molecule has 0 aromatic heterocycles. The molecule has 4 heteroatoms. The van der Waals surface area contributed by atoms with Gasteiger partial charge in [-0.25, -0.2) is 4.79 Å². The zero-order valence-electron chi connectivity index (χ0n) is 12.9. The summed E-state index contributed by atoms with van der Waals surface area (Å²) in [5, 5.41) is 21.4. The molecule has 0 aliphatic heterocycles. The number of aliphatic imine (C=N–C) groups is 1. The van der Waals surface area contributed by atoms with Crippen LogP contribution in [0.25, 0.3) is 10.8 Å². The van der Waals surface area contributed by atoms with E-state index < -0.39 is 5.97 Å². The minimum Gasteiger partial charge on any atom is -0.507 e. The second kappa shape index (κ2) is 5.49. The molecule has 0 saturated heterocycles. The van der Waals surface area contributed by atoms with Gasteiger partial charge in [0, 0.05) is 17.2 Å². The molecular formula is C20H15NO3. The highest BCUT2D eigenvalue weighted by molar-refractivity contribution is 6.00. The molecule has 0 saturated carbocycles. The normalized spacial score (nSPS) is 13.0. The molecule has 4 rings (SSSR count). The molecule has 118 valence electrons. The van der Waals surface area contributed by atoms with E-state index in [1.807, 2.05) is 18.2 Å². The Morgan fingerprint density at radius 1 is 1.04 bits per heavy atom. The van der Waals surface area contributed by atoms with Crippen LogP contribution in [-0.2, 0) is 12.8 Å². The molecule has 1 aliphatic rings. The van der Waals surface area contributed by atoms with E-state index in [-0.39, 0.29) is 11.3 Å². The lowest BCUT2D eigenvalue weighted by atomic mass is 10.0. The maximum absolute atomic E-state index is 11.1. The first kappa shape index (κ1) is 14.5. The fourth-order valence-electron chi connectivity index (χ4n) is 3.27. The molecule has 0 radical (unpaired) electrons. The van der Waals surface area contributed by atoms with Gasteiger partial charge < -0.3 is 10.2 Å². The summed E-state index contributed by atoms with van der Waals surface area (Å²) in [6.07, 6.45) is 3.63. The Balaban J connectivity index is 1.80. The smallest absolute Gasteiger partial charge is 0.335 e. The highest BCUT2D eigenvalue weighted by Crippen LogP contribution is 2.36. The standard InChI is InChI=1S/C20H15NO3/c22-18-9-7-14(20(23)24)10-15(18)11-21-17-8-6-13-5-4-12-2-1-3-16(17)19(12)13/h1-3,6-11,22H,4-5H2,(H,23,24). The molecule has 0 atom stereocenters. The van der Waals surface area contributed by atoms with E-state index >= 15 is 0 Å². The topological polar surface area (TPSA) is 69.9 Å². The largest absolute Gasteiger partial charge is 0.507 e. The zero-order valence-corrected chi connectivity index (χ0v) is 12.9. The monoisotopic (exact) mass is 317 g/mol. The van der Waals surface area contributed by atoms with Crippen LogP contribution in [0.15, 0.2) is 53.5 Å². The van der Waals surface area contributed by atoms with Crippen molar-refractivity contribution in [2.24, 2.45) is 4.99 Å². The highest BCUT2D eigenvalue weighted by atomic mass is 16.4. The lowest BCUT2D eigenvalue weighted by Gasteiger charge is -2.05. The third-order valence-corrected chi connectivity index (χ3v) is 4.47. The summed E-state index contributed by atoms with van der Waals surface area (Å²) < 4.78 is 0. The summed E-state index contributed by atoms with van der Waals surface area (Å²) in [5.41, 5.74) is 4.01. The molecule has 1 aliphatic carbocycles. The van der Waals surface area contributed by atoms with Gasteiger partial charge in [0.15, 0.2) is 0 Å². The van der Waals surface area contributed by atoms with Crippen molar-refractivity contribution in [1.82, 2.24) is 0 Å². The number of carbonyl (C=O) groups is 1. The van der Waals surface area contributed by atoms with Crippen molar-refractivity contribution < 1.29 is 15.0 Å². The van der Waals surface area contributed by atoms with E-state index in [9.17, 15) is 9.90 Å². The second-order valence-corrected chi connectivity index (χ2v) is 5.92. The number of carboxylic acid groups (broad SMARTS) is 1. The van der Waals surface area contributed by atoms with Crippen LogP contribution < -0.4 is 0 Å². The van der Waals surface area contributed by atoms with Crippen LogP contribution in [0.3, 0.4) is 0 Å². The molecule has 4 nitrogen and oxygen atoms in total. The van der Waals surface area contributed by atoms with Gasteiger partial charge in [-0.2, -0.15) is 0 Å². The lowest BCUT2D eigenvalue weighted by molar-refractivity contribution is 0.0697. The highest BCUT2D eigenvalue weighted by Gasteiger charge is 2.15. The number of nitrogens with zero attached hydrogens (tertiary/aromatic N) is 1. The molecular weight excluding hydrogens is 302 g/mol. The number of benzene rings is 3. The van der Waals surface area contributed by atoms with Crippen LogP contribution in [0, 0.1) is 0 Å². The van der Waals surface area contributed by atoms with Gasteiger partial charge in [0.2, 0.25) is 0 Å². The molecule has 0 fully saturated rings. The molecule has 0 spiro atoms.